The lowest BCUT2D eigenvalue weighted by atomic mass is 9.99. The number of carbonyl (C=O) groups is 1. The van der Waals surface area contributed by atoms with E-state index >= 15 is 0 Å². The number of aromatic nitrogens is 2. The number of imidazole rings is 1. The summed E-state index contributed by atoms with van der Waals surface area (Å²) in [6.07, 6.45) is 6.37. The number of carboxylic acid groups (broad SMARTS) is 1. The van der Waals surface area contributed by atoms with Crippen LogP contribution < -0.4 is 5.32 Å². The first-order valence-corrected chi connectivity index (χ1v) is 7.61. The number of hydrogen-bond acceptors (Lipinski definition) is 3. The van der Waals surface area contributed by atoms with Crippen LogP contribution in [0.15, 0.2) is 24.4 Å². The molecule has 0 aromatic carbocycles. The molecule has 0 fully saturated rings. The average Bonchev–Trinajstić information content (AvgIpc) is 2.86. The molecule has 5 heteroatoms. The summed E-state index contributed by atoms with van der Waals surface area (Å²) < 4.78 is 1.61. The lowest BCUT2D eigenvalue weighted by Crippen LogP contribution is -2.16. The second-order valence-corrected chi connectivity index (χ2v) is 5.34. The van der Waals surface area contributed by atoms with Gasteiger partial charge in [0.25, 0.3) is 0 Å². The molecule has 5 nitrogen and oxygen atoms in total. The number of hydrogen-bond donors (Lipinski definition) is 2. The Morgan fingerprint density at radius 1 is 1.43 bits per heavy atom. The Labute approximate surface area is 125 Å². The van der Waals surface area contributed by atoms with E-state index in [2.05, 4.69) is 24.1 Å². The van der Waals surface area contributed by atoms with E-state index in [1.54, 1.807) is 16.7 Å². The van der Waals surface area contributed by atoms with Crippen LogP contribution in [0, 0.1) is 5.92 Å². The van der Waals surface area contributed by atoms with Crippen molar-refractivity contribution < 1.29 is 9.90 Å². The Kier molecular flexibility index (Phi) is 5.20. The van der Waals surface area contributed by atoms with Crippen molar-refractivity contribution in [3.05, 3.63) is 30.1 Å². The number of nitrogens with zero attached hydrogens (tertiary/aromatic N) is 2. The van der Waals surface area contributed by atoms with Crippen LogP contribution in [0.4, 0.5) is 5.82 Å². The summed E-state index contributed by atoms with van der Waals surface area (Å²) in [7, 11) is 0. The molecule has 2 aromatic heterocycles. The Morgan fingerprint density at radius 2 is 2.24 bits per heavy atom. The van der Waals surface area contributed by atoms with Gasteiger partial charge in [0.1, 0.15) is 5.65 Å². The smallest absolute Gasteiger partial charge is 0.356 e. The van der Waals surface area contributed by atoms with Gasteiger partial charge in [-0.15, -0.1) is 0 Å². The molecule has 1 atom stereocenters. The van der Waals surface area contributed by atoms with E-state index in [9.17, 15) is 9.90 Å². The predicted octanol–water partition coefficient (Wildman–Crippen LogP) is 3.66. The summed E-state index contributed by atoms with van der Waals surface area (Å²) in [5.41, 5.74) is 0.856. The predicted molar refractivity (Wildman–Crippen MR) is 83.9 cm³/mol. The van der Waals surface area contributed by atoms with Gasteiger partial charge < -0.3 is 10.4 Å². The molecule has 2 heterocycles. The molecular weight excluding hydrogens is 266 g/mol. The normalized spacial score (nSPS) is 12.5. The Balaban J connectivity index is 2.17. The van der Waals surface area contributed by atoms with Crippen molar-refractivity contribution in [1.29, 1.82) is 0 Å². The molecule has 0 spiro atoms. The van der Waals surface area contributed by atoms with Crippen LogP contribution in [0.25, 0.3) is 5.65 Å². The number of nitrogens with one attached hydrogen (secondary N) is 1. The van der Waals surface area contributed by atoms with Gasteiger partial charge in [0.2, 0.25) is 0 Å². The van der Waals surface area contributed by atoms with Gasteiger partial charge in [-0.3, -0.25) is 4.40 Å². The average molecular weight is 289 g/mol. The summed E-state index contributed by atoms with van der Waals surface area (Å²) in [5.74, 6) is 0.0536. The van der Waals surface area contributed by atoms with Crippen LogP contribution >= 0.6 is 0 Å². The topological polar surface area (TPSA) is 66.6 Å². The number of anilines is 1. The molecule has 2 aromatic rings. The SMILES string of the molecule is CCCCC(CC)CNc1nc2ccccn2c1C(=O)O. The first-order chi connectivity index (χ1) is 10.2. The number of rotatable bonds is 8. The van der Waals surface area contributed by atoms with E-state index in [-0.39, 0.29) is 5.69 Å². The zero-order chi connectivity index (χ0) is 15.2. The number of unbranched alkanes of at least 4 members (excludes halogenated alkanes) is 1. The number of carboxylic acids is 1. The lowest BCUT2D eigenvalue weighted by Gasteiger charge is -2.15. The zero-order valence-corrected chi connectivity index (χ0v) is 12.7. The van der Waals surface area contributed by atoms with Crippen molar-refractivity contribution in [2.24, 2.45) is 5.92 Å². The van der Waals surface area contributed by atoms with E-state index in [1.165, 1.54) is 12.8 Å². The van der Waals surface area contributed by atoms with Crippen molar-refractivity contribution in [3.8, 4) is 0 Å². The third-order valence-corrected chi connectivity index (χ3v) is 3.83. The molecular formula is C16H23N3O2. The van der Waals surface area contributed by atoms with Gasteiger partial charge in [0.05, 0.1) is 0 Å². The molecule has 21 heavy (non-hydrogen) atoms. The Morgan fingerprint density at radius 3 is 2.90 bits per heavy atom. The van der Waals surface area contributed by atoms with Gasteiger partial charge in [-0.25, -0.2) is 9.78 Å². The monoisotopic (exact) mass is 289 g/mol. The fourth-order valence-electron chi connectivity index (χ4n) is 2.51. The van der Waals surface area contributed by atoms with Crippen LogP contribution in [0.3, 0.4) is 0 Å². The minimum absolute atomic E-state index is 0.205. The first-order valence-electron chi connectivity index (χ1n) is 7.61. The maximum atomic E-state index is 11.5. The van der Waals surface area contributed by atoms with Gasteiger partial charge in [-0.05, 0) is 24.5 Å². The quantitative estimate of drug-likeness (QED) is 0.778. The second kappa shape index (κ2) is 7.11. The maximum Gasteiger partial charge on any atom is 0.356 e. The van der Waals surface area contributed by atoms with Crippen LogP contribution in [0.1, 0.15) is 50.0 Å². The van der Waals surface area contributed by atoms with Crippen LogP contribution in [-0.4, -0.2) is 27.0 Å². The van der Waals surface area contributed by atoms with Crippen molar-refractivity contribution in [1.82, 2.24) is 9.38 Å². The summed E-state index contributed by atoms with van der Waals surface area (Å²) >= 11 is 0. The zero-order valence-electron chi connectivity index (χ0n) is 12.7. The Bertz CT molecular complexity index is 607. The summed E-state index contributed by atoms with van der Waals surface area (Å²) in [4.78, 5) is 15.9. The van der Waals surface area contributed by atoms with Gasteiger partial charge in [-0.1, -0.05) is 39.2 Å². The van der Waals surface area contributed by atoms with E-state index in [0.717, 1.165) is 19.4 Å². The lowest BCUT2D eigenvalue weighted by molar-refractivity contribution is 0.0690. The molecule has 0 aliphatic carbocycles. The molecule has 0 aliphatic heterocycles. The van der Waals surface area contributed by atoms with E-state index in [4.69, 9.17) is 0 Å². The highest BCUT2D eigenvalue weighted by Crippen LogP contribution is 2.19. The van der Waals surface area contributed by atoms with Crippen LogP contribution in [0.2, 0.25) is 0 Å². The number of aromatic carboxylic acids is 1. The van der Waals surface area contributed by atoms with Crippen molar-refractivity contribution in [2.45, 2.75) is 39.5 Å². The fraction of sp³-hybridized carbons (Fsp3) is 0.500. The van der Waals surface area contributed by atoms with Gasteiger partial charge in [0.15, 0.2) is 11.5 Å². The molecule has 2 rings (SSSR count). The highest BCUT2D eigenvalue weighted by atomic mass is 16.4. The molecule has 0 saturated heterocycles. The van der Waals surface area contributed by atoms with Crippen LogP contribution in [0.5, 0.6) is 0 Å². The highest BCUT2D eigenvalue weighted by molar-refractivity contribution is 5.92. The van der Waals surface area contributed by atoms with E-state index < -0.39 is 5.97 Å². The molecule has 0 aliphatic rings. The molecule has 2 N–H and O–H groups in total. The largest absolute Gasteiger partial charge is 0.476 e. The molecule has 0 radical (unpaired) electrons. The van der Waals surface area contributed by atoms with Gasteiger partial charge in [0, 0.05) is 12.7 Å². The van der Waals surface area contributed by atoms with E-state index in [1.807, 2.05) is 12.1 Å². The standard InChI is InChI=1S/C16H23N3O2/c1-3-5-8-12(4-2)11-17-15-14(16(20)21)19-10-7-6-9-13(19)18-15/h6-7,9-10,12,17H,3-5,8,11H2,1-2H3,(H,20,21). The third kappa shape index (κ3) is 3.54. The van der Waals surface area contributed by atoms with E-state index in [0.29, 0.717) is 17.4 Å². The fourth-order valence-corrected chi connectivity index (χ4v) is 2.51. The first kappa shape index (κ1) is 15.4. The summed E-state index contributed by atoms with van der Waals surface area (Å²) in [6, 6.07) is 5.47. The van der Waals surface area contributed by atoms with Gasteiger partial charge in [-0.2, -0.15) is 0 Å². The van der Waals surface area contributed by atoms with Gasteiger partial charge >= 0.3 is 5.97 Å². The van der Waals surface area contributed by atoms with Crippen LogP contribution in [-0.2, 0) is 0 Å². The Hall–Kier alpha value is -2.04. The molecule has 114 valence electrons. The van der Waals surface area contributed by atoms with Crippen molar-refractivity contribution in [3.63, 3.8) is 0 Å². The third-order valence-electron chi connectivity index (χ3n) is 3.83. The molecule has 0 amide bonds. The van der Waals surface area contributed by atoms with Crippen molar-refractivity contribution in [2.75, 3.05) is 11.9 Å². The molecule has 1 unspecified atom stereocenters. The molecule has 0 saturated carbocycles. The minimum Gasteiger partial charge on any atom is -0.476 e. The number of fused-ring (bicyclic) bond motifs is 1. The number of pyridine rings is 1. The van der Waals surface area contributed by atoms with Crippen molar-refractivity contribution >= 4 is 17.4 Å². The second-order valence-electron chi connectivity index (χ2n) is 5.34. The maximum absolute atomic E-state index is 11.5. The summed E-state index contributed by atoms with van der Waals surface area (Å²) in [5, 5.41) is 12.6. The minimum atomic E-state index is -0.960. The summed E-state index contributed by atoms with van der Waals surface area (Å²) in [6.45, 7) is 5.12. The molecule has 0 bridgehead atoms. The highest BCUT2D eigenvalue weighted by Gasteiger charge is 2.18.